The number of hydrogen-bond acceptors (Lipinski definition) is 3. The van der Waals surface area contributed by atoms with E-state index >= 15 is 0 Å². The first-order chi connectivity index (χ1) is 13.8. The van der Waals surface area contributed by atoms with Crippen LogP contribution in [0.4, 0.5) is 0 Å². The summed E-state index contributed by atoms with van der Waals surface area (Å²) in [4.78, 5) is 6.83. The summed E-state index contributed by atoms with van der Waals surface area (Å²) in [5.41, 5.74) is 2.27. The molecule has 5 rings (SSSR count). The molecule has 2 fully saturated rings. The van der Waals surface area contributed by atoms with E-state index in [1.165, 1.54) is 31.2 Å². The molecule has 3 aromatic heterocycles. The SMILES string of the molecule is S=C1N[C@H](c2ccccn2)[C@H](c2ccn(C3CCCC3)c2)N1Cc1ccco1. The molecule has 0 spiro atoms. The van der Waals surface area contributed by atoms with E-state index in [0.717, 1.165) is 16.6 Å². The van der Waals surface area contributed by atoms with Crippen molar-refractivity contribution in [3.63, 3.8) is 0 Å². The topological polar surface area (TPSA) is 46.2 Å². The Morgan fingerprint density at radius 2 is 2.04 bits per heavy atom. The summed E-state index contributed by atoms with van der Waals surface area (Å²) in [7, 11) is 0. The molecule has 0 amide bonds. The smallest absolute Gasteiger partial charge is 0.170 e. The summed E-state index contributed by atoms with van der Waals surface area (Å²) in [6.45, 7) is 0.640. The Labute approximate surface area is 170 Å². The van der Waals surface area contributed by atoms with Crippen LogP contribution in [0, 0.1) is 0 Å². The molecular weight excluding hydrogens is 368 g/mol. The minimum absolute atomic E-state index is 0.0168. The number of furan rings is 1. The summed E-state index contributed by atoms with van der Waals surface area (Å²) >= 11 is 5.72. The lowest BCUT2D eigenvalue weighted by Gasteiger charge is -2.26. The van der Waals surface area contributed by atoms with Gasteiger partial charge < -0.3 is 19.2 Å². The molecule has 5 nitrogen and oxygen atoms in total. The summed E-state index contributed by atoms with van der Waals surface area (Å²) in [5.74, 6) is 0.908. The third kappa shape index (κ3) is 3.22. The van der Waals surface area contributed by atoms with Gasteiger partial charge in [0.05, 0.1) is 30.6 Å². The molecule has 0 bridgehead atoms. The Bertz CT molecular complexity index is 931. The standard InChI is InChI=1S/C22H24N4OS/c28-22-24-20(19-9-3-4-11-23-19)21(26(22)15-18-8-5-13-27-18)16-10-12-25(14-16)17-6-1-2-7-17/h3-5,8-14,17,20-21H,1-2,6-7,15H2,(H,24,28)/t20-,21+/m1/s1. The molecule has 0 aromatic carbocycles. The van der Waals surface area contributed by atoms with Crippen molar-refractivity contribution >= 4 is 17.3 Å². The van der Waals surface area contributed by atoms with Crippen LogP contribution in [0.15, 0.2) is 65.7 Å². The van der Waals surface area contributed by atoms with Crippen molar-refractivity contribution in [2.75, 3.05) is 0 Å². The zero-order chi connectivity index (χ0) is 18.9. The molecule has 144 valence electrons. The quantitative estimate of drug-likeness (QED) is 0.634. The molecule has 1 saturated heterocycles. The number of hydrogen-bond donors (Lipinski definition) is 1. The number of pyridine rings is 1. The van der Waals surface area contributed by atoms with Crippen LogP contribution in [-0.2, 0) is 6.54 Å². The fourth-order valence-electron chi connectivity index (χ4n) is 4.54. The van der Waals surface area contributed by atoms with Crippen LogP contribution in [-0.4, -0.2) is 19.6 Å². The molecule has 28 heavy (non-hydrogen) atoms. The van der Waals surface area contributed by atoms with E-state index < -0.39 is 0 Å². The van der Waals surface area contributed by atoms with Crippen LogP contribution in [0.2, 0.25) is 0 Å². The number of nitrogens with zero attached hydrogens (tertiary/aromatic N) is 3. The van der Waals surface area contributed by atoms with Crippen LogP contribution >= 0.6 is 12.2 Å². The fraction of sp³-hybridized carbons (Fsp3) is 0.364. The number of nitrogens with one attached hydrogen (secondary N) is 1. The highest BCUT2D eigenvalue weighted by molar-refractivity contribution is 7.80. The zero-order valence-corrected chi connectivity index (χ0v) is 16.5. The molecule has 0 unspecified atom stereocenters. The average molecular weight is 393 g/mol. The van der Waals surface area contributed by atoms with Gasteiger partial charge in [0.1, 0.15) is 5.76 Å². The molecule has 1 aliphatic carbocycles. The largest absolute Gasteiger partial charge is 0.467 e. The normalized spacial score (nSPS) is 22.7. The Hall–Kier alpha value is -2.60. The van der Waals surface area contributed by atoms with Gasteiger partial charge in [-0.15, -0.1) is 0 Å². The maximum Gasteiger partial charge on any atom is 0.170 e. The number of thiocarbonyl (C=S) groups is 1. The van der Waals surface area contributed by atoms with Crippen molar-refractivity contribution in [2.24, 2.45) is 0 Å². The molecule has 0 radical (unpaired) electrons. The Morgan fingerprint density at radius 3 is 2.79 bits per heavy atom. The lowest BCUT2D eigenvalue weighted by Crippen LogP contribution is -2.28. The first-order valence-electron chi connectivity index (χ1n) is 9.97. The number of rotatable bonds is 5. The summed E-state index contributed by atoms with van der Waals surface area (Å²) in [6, 6.07) is 12.9. The van der Waals surface area contributed by atoms with Crippen LogP contribution in [0.25, 0.3) is 0 Å². The highest BCUT2D eigenvalue weighted by atomic mass is 32.1. The van der Waals surface area contributed by atoms with Crippen molar-refractivity contribution in [2.45, 2.75) is 50.4 Å². The summed E-state index contributed by atoms with van der Waals surface area (Å²) < 4.78 is 8.00. The van der Waals surface area contributed by atoms with Crippen LogP contribution in [0.1, 0.15) is 60.8 Å². The Balaban J connectivity index is 1.50. The fourth-order valence-corrected chi connectivity index (χ4v) is 4.85. The second-order valence-electron chi connectivity index (χ2n) is 7.66. The van der Waals surface area contributed by atoms with Gasteiger partial charge in [-0.3, -0.25) is 4.98 Å². The van der Waals surface area contributed by atoms with E-state index in [1.807, 2.05) is 30.5 Å². The van der Waals surface area contributed by atoms with Crippen molar-refractivity contribution in [3.8, 4) is 0 Å². The average Bonchev–Trinajstić information content (AvgIpc) is 3.51. The summed E-state index contributed by atoms with van der Waals surface area (Å²) in [5, 5.41) is 4.25. The molecule has 2 aliphatic rings. The van der Waals surface area contributed by atoms with E-state index in [-0.39, 0.29) is 12.1 Å². The minimum atomic E-state index is 0.0168. The van der Waals surface area contributed by atoms with E-state index in [4.69, 9.17) is 16.6 Å². The Morgan fingerprint density at radius 1 is 1.14 bits per heavy atom. The lowest BCUT2D eigenvalue weighted by molar-refractivity contribution is 0.287. The van der Waals surface area contributed by atoms with Gasteiger partial charge in [-0.1, -0.05) is 18.9 Å². The molecule has 1 aliphatic heterocycles. The summed E-state index contributed by atoms with van der Waals surface area (Å²) in [6.07, 6.45) is 13.3. The van der Waals surface area contributed by atoms with E-state index in [0.29, 0.717) is 12.6 Å². The van der Waals surface area contributed by atoms with Crippen molar-refractivity contribution in [1.29, 1.82) is 0 Å². The van der Waals surface area contributed by atoms with E-state index in [2.05, 4.69) is 44.3 Å². The molecule has 1 saturated carbocycles. The van der Waals surface area contributed by atoms with Crippen LogP contribution < -0.4 is 5.32 Å². The highest BCUT2D eigenvalue weighted by Gasteiger charge is 2.40. The van der Waals surface area contributed by atoms with Crippen molar-refractivity contribution in [1.82, 2.24) is 19.8 Å². The molecule has 3 aromatic rings. The molecule has 4 heterocycles. The zero-order valence-electron chi connectivity index (χ0n) is 15.7. The van der Waals surface area contributed by atoms with Crippen LogP contribution in [0.5, 0.6) is 0 Å². The second-order valence-corrected chi connectivity index (χ2v) is 8.05. The molecule has 6 heteroatoms. The van der Waals surface area contributed by atoms with Gasteiger partial charge in [0.2, 0.25) is 0 Å². The van der Waals surface area contributed by atoms with Crippen LogP contribution in [0.3, 0.4) is 0 Å². The van der Waals surface area contributed by atoms with Crippen molar-refractivity contribution in [3.05, 3.63) is 78.3 Å². The van der Waals surface area contributed by atoms with Gasteiger partial charge in [-0.05, 0) is 61.0 Å². The second kappa shape index (κ2) is 7.43. The molecule has 1 N–H and O–H groups in total. The van der Waals surface area contributed by atoms with E-state index in [9.17, 15) is 0 Å². The Kier molecular flexibility index (Phi) is 4.64. The van der Waals surface area contributed by atoms with Gasteiger partial charge in [0.25, 0.3) is 0 Å². The first kappa shape index (κ1) is 17.5. The van der Waals surface area contributed by atoms with Gasteiger partial charge in [-0.2, -0.15) is 0 Å². The first-order valence-corrected chi connectivity index (χ1v) is 10.4. The third-order valence-corrected chi connectivity index (χ3v) is 6.28. The van der Waals surface area contributed by atoms with Crippen molar-refractivity contribution < 1.29 is 4.42 Å². The van der Waals surface area contributed by atoms with Gasteiger partial charge in [0.15, 0.2) is 5.11 Å². The molecular formula is C22H24N4OS. The van der Waals surface area contributed by atoms with Gasteiger partial charge in [0, 0.05) is 24.6 Å². The predicted molar refractivity (Wildman–Crippen MR) is 112 cm³/mol. The van der Waals surface area contributed by atoms with E-state index in [1.54, 1.807) is 6.26 Å². The third-order valence-electron chi connectivity index (χ3n) is 5.93. The molecule has 2 atom stereocenters. The van der Waals surface area contributed by atoms with Gasteiger partial charge >= 0.3 is 0 Å². The highest BCUT2D eigenvalue weighted by Crippen LogP contribution is 2.40. The number of aromatic nitrogens is 2. The maximum absolute atomic E-state index is 5.72. The monoisotopic (exact) mass is 392 g/mol. The minimum Gasteiger partial charge on any atom is -0.467 e. The lowest BCUT2D eigenvalue weighted by atomic mass is 9.99. The van der Waals surface area contributed by atoms with Gasteiger partial charge in [-0.25, -0.2) is 0 Å². The maximum atomic E-state index is 5.72. The predicted octanol–water partition coefficient (Wildman–Crippen LogP) is 4.76.